The molecule has 5 nitrogen and oxygen atoms in total. The number of nitrogens with zero attached hydrogens (tertiary/aromatic N) is 1. The molecule has 0 aliphatic rings. The van der Waals surface area contributed by atoms with Crippen LogP contribution in [-0.4, -0.2) is 51.2 Å². The van der Waals surface area contributed by atoms with Crippen LogP contribution in [0.3, 0.4) is 0 Å². The fourth-order valence-electron chi connectivity index (χ4n) is 1.71. The minimum absolute atomic E-state index is 0.0971. The van der Waals surface area contributed by atoms with E-state index in [0.29, 0.717) is 19.6 Å². The van der Waals surface area contributed by atoms with Crippen LogP contribution in [0.1, 0.15) is 12.0 Å². The molecule has 108 valence electrons. The monoisotopic (exact) mass is 287 g/mol. The molecule has 0 amide bonds. The number of sulfonamides is 1. The zero-order chi connectivity index (χ0) is 14.3. The smallest absolute Gasteiger partial charge is 0.243 e. The third-order valence-corrected chi connectivity index (χ3v) is 4.68. The fourth-order valence-corrected chi connectivity index (χ4v) is 3.18. The SMILES string of the molecule is COCCCN(CCO)S(=O)(=O)c1ccc(C)cc1. The molecule has 6 heteroatoms. The third kappa shape index (κ3) is 4.58. The maximum atomic E-state index is 12.4. The molecule has 1 aromatic rings. The van der Waals surface area contributed by atoms with Crippen molar-refractivity contribution in [1.82, 2.24) is 4.31 Å². The Morgan fingerprint density at radius 1 is 1.21 bits per heavy atom. The summed E-state index contributed by atoms with van der Waals surface area (Å²) in [5, 5.41) is 9.01. The lowest BCUT2D eigenvalue weighted by Crippen LogP contribution is -2.34. The zero-order valence-electron chi connectivity index (χ0n) is 11.4. The highest BCUT2D eigenvalue weighted by atomic mass is 32.2. The van der Waals surface area contributed by atoms with Gasteiger partial charge >= 0.3 is 0 Å². The van der Waals surface area contributed by atoms with E-state index in [4.69, 9.17) is 9.84 Å². The first-order valence-corrected chi connectivity index (χ1v) is 7.63. The van der Waals surface area contributed by atoms with Crippen LogP contribution in [0.15, 0.2) is 29.2 Å². The van der Waals surface area contributed by atoms with Crippen molar-refractivity contribution >= 4 is 10.0 Å². The summed E-state index contributed by atoms with van der Waals surface area (Å²) < 4.78 is 31.0. The van der Waals surface area contributed by atoms with Gasteiger partial charge in [0.25, 0.3) is 0 Å². The number of hydrogen-bond donors (Lipinski definition) is 1. The summed E-state index contributed by atoms with van der Waals surface area (Å²) in [5.74, 6) is 0. The first kappa shape index (κ1) is 16.1. The summed E-state index contributed by atoms with van der Waals surface area (Å²) in [6, 6.07) is 6.70. The van der Waals surface area contributed by atoms with Gasteiger partial charge in [-0.2, -0.15) is 4.31 Å². The number of ether oxygens (including phenoxy) is 1. The lowest BCUT2D eigenvalue weighted by atomic mass is 10.2. The van der Waals surface area contributed by atoms with E-state index in [1.807, 2.05) is 6.92 Å². The molecule has 1 aromatic carbocycles. The van der Waals surface area contributed by atoms with Gasteiger partial charge in [-0.05, 0) is 25.5 Å². The number of benzene rings is 1. The molecule has 0 unspecified atom stereocenters. The Bertz CT molecular complexity index is 470. The van der Waals surface area contributed by atoms with Crippen LogP contribution in [0.5, 0.6) is 0 Å². The Labute approximate surface area is 114 Å². The maximum absolute atomic E-state index is 12.4. The van der Waals surface area contributed by atoms with Gasteiger partial charge in [-0.1, -0.05) is 17.7 Å². The number of aliphatic hydroxyl groups is 1. The van der Waals surface area contributed by atoms with E-state index in [-0.39, 0.29) is 18.0 Å². The number of aryl methyl sites for hydroxylation is 1. The Morgan fingerprint density at radius 2 is 1.84 bits per heavy atom. The van der Waals surface area contributed by atoms with Gasteiger partial charge in [-0.25, -0.2) is 8.42 Å². The normalized spacial score (nSPS) is 12.0. The van der Waals surface area contributed by atoms with Crippen molar-refractivity contribution in [2.45, 2.75) is 18.2 Å². The van der Waals surface area contributed by atoms with Crippen LogP contribution in [0.2, 0.25) is 0 Å². The van der Waals surface area contributed by atoms with E-state index in [2.05, 4.69) is 0 Å². The number of rotatable bonds is 8. The van der Waals surface area contributed by atoms with E-state index in [9.17, 15) is 8.42 Å². The van der Waals surface area contributed by atoms with E-state index in [1.54, 1.807) is 31.4 Å². The van der Waals surface area contributed by atoms with E-state index >= 15 is 0 Å². The average Bonchev–Trinajstić information content (AvgIpc) is 2.38. The van der Waals surface area contributed by atoms with Crippen molar-refractivity contribution in [1.29, 1.82) is 0 Å². The molecule has 0 radical (unpaired) electrons. The molecule has 0 atom stereocenters. The molecule has 0 aliphatic carbocycles. The molecule has 0 aliphatic heterocycles. The van der Waals surface area contributed by atoms with Crippen molar-refractivity contribution in [3.8, 4) is 0 Å². The highest BCUT2D eigenvalue weighted by Crippen LogP contribution is 2.16. The first-order valence-electron chi connectivity index (χ1n) is 6.19. The molecule has 0 heterocycles. The van der Waals surface area contributed by atoms with Crippen LogP contribution in [0, 0.1) is 6.92 Å². The molecule has 0 aromatic heterocycles. The van der Waals surface area contributed by atoms with Gasteiger partial charge in [0.05, 0.1) is 11.5 Å². The Hall–Kier alpha value is -0.950. The molecule has 0 bridgehead atoms. The van der Waals surface area contributed by atoms with E-state index in [1.165, 1.54) is 4.31 Å². The Morgan fingerprint density at radius 3 is 2.37 bits per heavy atom. The summed E-state index contributed by atoms with van der Waals surface area (Å²) in [4.78, 5) is 0.254. The van der Waals surface area contributed by atoms with Gasteiger partial charge in [-0.3, -0.25) is 0 Å². The molecule has 19 heavy (non-hydrogen) atoms. The van der Waals surface area contributed by atoms with Crippen LogP contribution < -0.4 is 0 Å². The highest BCUT2D eigenvalue weighted by Gasteiger charge is 2.23. The van der Waals surface area contributed by atoms with Crippen molar-refractivity contribution < 1.29 is 18.3 Å². The number of aliphatic hydroxyl groups excluding tert-OH is 1. The second-order valence-electron chi connectivity index (χ2n) is 4.29. The van der Waals surface area contributed by atoms with Crippen molar-refractivity contribution in [2.24, 2.45) is 0 Å². The summed E-state index contributed by atoms with van der Waals surface area (Å²) in [6.45, 7) is 2.63. The fraction of sp³-hybridized carbons (Fsp3) is 0.538. The van der Waals surface area contributed by atoms with Gasteiger partial charge < -0.3 is 9.84 Å². The zero-order valence-corrected chi connectivity index (χ0v) is 12.2. The maximum Gasteiger partial charge on any atom is 0.243 e. The molecule has 0 spiro atoms. The summed E-state index contributed by atoms with van der Waals surface area (Å²) in [7, 11) is -1.97. The minimum atomic E-state index is -3.54. The first-order chi connectivity index (χ1) is 9.02. The lowest BCUT2D eigenvalue weighted by molar-refractivity contribution is 0.182. The summed E-state index contributed by atoms with van der Waals surface area (Å²) >= 11 is 0. The van der Waals surface area contributed by atoms with Crippen molar-refractivity contribution in [3.05, 3.63) is 29.8 Å². The second kappa shape index (κ2) is 7.59. The van der Waals surface area contributed by atoms with Gasteiger partial charge in [0.15, 0.2) is 0 Å². The van der Waals surface area contributed by atoms with E-state index in [0.717, 1.165) is 5.56 Å². The quantitative estimate of drug-likeness (QED) is 0.725. The Kier molecular flexibility index (Phi) is 6.44. The number of hydrogen-bond acceptors (Lipinski definition) is 4. The van der Waals surface area contributed by atoms with Crippen LogP contribution in [-0.2, 0) is 14.8 Å². The molecule has 0 saturated carbocycles. The largest absolute Gasteiger partial charge is 0.395 e. The molecular formula is C13H21NO4S. The number of methoxy groups -OCH3 is 1. The summed E-state index contributed by atoms with van der Waals surface area (Å²) in [5.41, 5.74) is 1.01. The van der Waals surface area contributed by atoms with Gasteiger partial charge in [0.1, 0.15) is 0 Å². The van der Waals surface area contributed by atoms with Crippen LogP contribution >= 0.6 is 0 Å². The lowest BCUT2D eigenvalue weighted by Gasteiger charge is -2.21. The standard InChI is InChI=1S/C13H21NO4S/c1-12-4-6-13(7-5-12)19(16,17)14(9-10-15)8-3-11-18-2/h4-7,15H,3,8-11H2,1-2H3. The molecule has 1 rings (SSSR count). The molecule has 0 saturated heterocycles. The van der Waals surface area contributed by atoms with Crippen LogP contribution in [0.4, 0.5) is 0 Å². The third-order valence-electron chi connectivity index (χ3n) is 2.76. The van der Waals surface area contributed by atoms with Gasteiger partial charge in [0, 0.05) is 26.8 Å². The van der Waals surface area contributed by atoms with Crippen LogP contribution in [0.25, 0.3) is 0 Å². The van der Waals surface area contributed by atoms with Crippen molar-refractivity contribution in [3.63, 3.8) is 0 Å². The predicted molar refractivity (Wildman–Crippen MR) is 73.5 cm³/mol. The van der Waals surface area contributed by atoms with Gasteiger partial charge in [-0.15, -0.1) is 0 Å². The Balaban J connectivity index is 2.88. The minimum Gasteiger partial charge on any atom is -0.395 e. The van der Waals surface area contributed by atoms with Gasteiger partial charge in [0.2, 0.25) is 10.0 Å². The molecular weight excluding hydrogens is 266 g/mol. The summed E-state index contributed by atoms with van der Waals surface area (Å²) in [6.07, 6.45) is 0.599. The van der Waals surface area contributed by atoms with Crippen molar-refractivity contribution in [2.75, 3.05) is 33.4 Å². The van der Waals surface area contributed by atoms with E-state index < -0.39 is 10.0 Å². The average molecular weight is 287 g/mol. The second-order valence-corrected chi connectivity index (χ2v) is 6.23. The highest BCUT2D eigenvalue weighted by molar-refractivity contribution is 7.89. The molecule has 1 N–H and O–H groups in total. The topological polar surface area (TPSA) is 66.8 Å². The predicted octanol–water partition coefficient (Wildman–Crippen LogP) is 1.01. The molecule has 0 fully saturated rings.